The molecule has 2 aromatic heterocycles. The number of nitrogens with one attached hydrogen (secondary N) is 1. The highest BCUT2D eigenvalue weighted by Crippen LogP contribution is 2.30. The maximum absolute atomic E-state index is 12.3. The highest BCUT2D eigenvalue weighted by molar-refractivity contribution is 7.99. The maximum atomic E-state index is 12.3. The van der Waals surface area contributed by atoms with Crippen molar-refractivity contribution in [2.75, 3.05) is 7.11 Å². The second-order valence-corrected chi connectivity index (χ2v) is 7.42. The summed E-state index contributed by atoms with van der Waals surface area (Å²) >= 11 is 7.34. The molecule has 0 atom stereocenters. The number of fused-ring (bicyclic) bond motifs is 1. The van der Waals surface area contributed by atoms with Crippen molar-refractivity contribution in [3.05, 3.63) is 77.2 Å². The fourth-order valence-electron chi connectivity index (χ4n) is 2.60. The SMILES string of the molecule is COc1cccc2cc(C(=O)N/N=C\c3ccc(Sc4ccc(Cl)cc4)o3)oc12. The number of ether oxygens (including phenoxy) is 1. The van der Waals surface area contributed by atoms with Crippen LogP contribution in [-0.2, 0) is 0 Å². The third kappa shape index (κ3) is 4.47. The van der Waals surface area contributed by atoms with Crippen molar-refractivity contribution < 1.29 is 18.4 Å². The van der Waals surface area contributed by atoms with Crippen molar-refractivity contribution in [2.45, 2.75) is 9.99 Å². The van der Waals surface area contributed by atoms with E-state index >= 15 is 0 Å². The van der Waals surface area contributed by atoms with Gasteiger partial charge in [0.1, 0.15) is 5.76 Å². The molecule has 0 aliphatic heterocycles. The van der Waals surface area contributed by atoms with Crippen LogP contribution >= 0.6 is 23.4 Å². The Morgan fingerprint density at radius 2 is 1.97 bits per heavy atom. The average Bonchev–Trinajstić information content (AvgIpc) is 3.36. The Labute approximate surface area is 175 Å². The minimum atomic E-state index is -0.471. The zero-order chi connectivity index (χ0) is 20.2. The molecular formula is C21H15ClN2O4S. The summed E-state index contributed by atoms with van der Waals surface area (Å²) in [5.41, 5.74) is 2.94. The maximum Gasteiger partial charge on any atom is 0.307 e. The number of hydrogen-bond donors (Lipinski definition) is 1. The Bertz CT molecular complexity index is 1180. The molecule has 4 aromatic rings. The van der Waals surface area contributed by atoms with Crippen LogP contribution in [0.1, 0.15) is 16.3 Å². The van der Waals surface area contributed by atoms with Gasteiger partial charge in [0.05, 0.1) is 13.3 Å². The second kappa shape index (κ2) is 8.46. The minimum Gasteiger partial charge on any atom is -0.493 e. The first kappa shape index (κ1) is 19.2. The number of para-hydroxylation sites is 1. The summed E-state index contributed by atoms with van der Waals surface area (Å²) in [5.74, 6) is 0.737. The van der Waals surface area contributed by atoms with Gasteiger partial charge in [0.15, 0.2) is 22.2 Å². The number of amides is 1. The molecule has 0 fully saturated rings. The quantitative estimate of drug-likeness (QED) is 0.320. The molecular weight excluding hydrogens is 412 g/mol. The number of carbonyl (C=O) groups excluding carboxylic acids is 1. The van der Waals surface area contributed by atoms with Crippen molar-refractivity contribution in [1.29, 1.82) is 0 Å². The van der Waals surface area contributed by atoms with E-state index in [1.54, 1.807) is 25.3 Å². The number of hydrogen-bond acceptors (Lipinski definition) is 6. The van der Waals surface area contributed by atoms with Crippen LogP contribution in [0.4, 0.5) is 0 Å². The van der Waals surface area contributed by atoms with E-state index in [1.807, 2.05) is 42.5 Å². The molecule has 0 aliphatic rings. The van der Waals surface area contributed by atoms with Gasteiger partial charge in [0, 0.05) is 15.3 Å². The minimum absolute atomic E-state index is 0.139. The lowest BCUT2D eigenvalue weighted by Gasteiger charge is -1.98. The third-order valence-electron chi connectivity index (χ3n) is 3.94. The Kier molecular flexibility index (Phi) is 5.59. The number of methoxy groups -OCH3 is 1. The Hall–Kier alpha value is -3.16. The Morgan fingerprint density at radius 3 is 2.76 bits per heavy atom. The lowest BCUT2D eigenvalue weighted by atomic mass is 10.2. The van der Waals surface area contributed by atoms with E-state index in [4.69, 9.17) is 25.2 Å². The monoisotopic (exact) mass is 426 g/mol. The lowest BCUT2D eigenvalue weighted by molar-refractivity contribution is 0.0929. The molecule has 1 N–H and O–H groups in total. The van der Waals surface area contributed by atoms with Gasteiger partial charge in [-0.25, -0.2) is 5.43 Å². The number of carbonyl (C=O) groups is 1. The lowest BCUT2D eigenvalue weighted by Crippen LogP contribution is -2.16. The van der Waals surface area contributed by atoms with Gasteiger partial charge in [-0.15, -0.1) is 0 Å². The van der Waals surface area contributed by atoms with Crippen molar-refractivity contribution in [2.24, 2.45) is 5.10 Å². The first-order valence-electron chi connectivity index (χ1n) is 8.55. The van der Waals surface area contributed by atoms with Crippen LogP contribution in [0, 0.1) is 0 Å². The van der Waals surface area contributed by atoms with E-state index in [2.05, 4.69) is 10.5 Å². The van der Waals surface area contributed by atoms with Gasteiger partial charge in [-0.05, 0) is 48.5 Å². The van der Waals surface area contributed by atoms with E-state index < -0.39 is 5.91 Å². The number of nitrogens with zero attached hydrogens (tertiary/aromatic N) is 1. The molecule has 0 spiro atoms. The van der Waals surface area contributed by atoms with Crippen molar-refractivity contribution in [3.63, 3.8) is 0 Å². The van der Waals surface area contributed by atoms with E-state index in [1.165, 1.54) is 18.0 Å². The van der Waals surface area contributed by atoms with Crippen LogP contribution in [0.3, 0.4) is 0 Å². The smallest absolute Gasteiger partial charge is 0.307 e. The van der Waals surface area contributed by atoms with E-state index in [0.717, 1.165) is 10.3 Å². The second-order valence-electron chi connectivity index (χ2n) is 5.90. The molecule has 0 unspecified atom stereocenters. The number of halogens is 1. The van der Waals surface area contributed by atoms with E-state index in [9.17, 15) is 4.79 Å². The molecule has 0 aliphatic carbocycles. The summed E-state index contributed by atoms with van der Waals surface area (Å²) in [6.07, 6.45) is 1.42. The molecule has 2 aromatic carbocycles. The topological polar surface area (TPSA) is 77.0 Å². The van der Waals surface area contributed by atoms with Crippen LogP contribution in [0.25, 0.3) is 11.0 Å². The summed E-state index contributed by atoms with van der Waals surface area (Å²) in [6, 6.07) is 18.1. The molecule has 146 valence electrons. The van der Waals surface area contributed by atoms with E-state index in [0.29, 0.717) is 27.2 Å². The number of furan rings is 2. The molecule has 29 heavy (non-hydrogen) atoms. The van der Waals surface area contributed by atoms with Gasteiger partial charge >= 0.3 is 5.91 Å². The zero-order valence-electron chi connectivity index (χ0n) is 15.2. The summed E-state index contributed by atoms with van der Waals surface area (Å²) in [7, 11) is 1.55. The highest BCUT2D eigenvalue weighted by Gasteiger charge is 2.14. The Balaban J connectivity index is 1.39. The van der Waals surface area contributed by atoms with Gasteiger partial charge in [-0.2, -0.15) is 5.10 Å². The molecule has 0 saturated carbocycles. The summed E-state index contributed by atoms with van der Waals surface area (Å²) in [6.45, 7) is 0. The predicted octanol–water partition coefficient (Wildman–Crippen LogP) is 5.60. The summed E-state index contributed by atoms with van der Waals surface area (Å²) in [5, 5.41) is 6.08. The average molecular weight is 427 g/mol. The van der Waals surface area contributed by atoms with Crippen LogP contribution in [0.2, 0.25) is 5.02 Å². The predicted molar refractivity (Wildman–Crippen MR) is 112 cm³/mol. The van der Waals surface area contributed by atoms with Gasteiger partial charge in [0.2, 0.25) is 0 Å². The van der Waals surface area contributed by atoms with Gasteiger partial charge in [-0.1, -0.05) is 35.5 Å². The van der Waals surface area contributed by atoms with Crippen LogP contribution in [0.5, 0.6) is 5.75 Å². The number of benzene rings is 2. The Morgan fingerprint density at radius 1 is 1.14 bits per heavy atom. The summed E-state index contributed by atoms with van der Waals surface area (Å²) in [4.78, 5) is 13.3. The van der Waals surface area contributed by atoms with Crippen LogP contribution in [-0.4, -0.2) is 19.2 Å². The standard InChI is InChI=1S/C21H15ClN2O4S/c1-26-17-4-2-3-13-11-18(28-20(13)17)21(25)24-23-12-15-7-10-19(27-15)29-16-8-5-14(22)6-9-16/h2-12H,1H3,(H,24,25)/b23-12-. The normalized spacial score (nSPS) is 11.2. The fraction of sp³-hybridized carbons (Fsp3) is 0.0476. The molecule has 0 bridgehead atoms. The molecule has 6 nitrogen and oxygen atoms in total. The zero-order valence-corrected chi connectivity index (χ0v) is 16.8. The van der Waals surface area contributed by atoms with Crippen LogP contribution < -0.4 is 10.2 Å². The number of hydrazone groups is 1. The van der Waals surface area contributed by atoms with Gasteiger partial charge in [0.25, 0.3) is 0 Å². The first-order chi connectivity index (χ1) is 14.1. The van der Waals surface area contributed by atoms with Crippen LogP contribution in [0.15, 0.2) is 84.6 Å². The van der Waals surface area contributed by atoms with Gasteiger partial charge in [-0.3, -0.25) is 4.79 Å². The molecule has 1 amide bonds. The van der Waals surface area contributed by atoms with Crippen molar-refractivity contribution in [1.82, 2.24) is 5.43 Å². The summed E-state index contributed by atoms with van der Waals surface area (Å²) < 4.78 is 16.5. The largest absolute Gasteiger partial charge is 0.493 e. The molecule has 0 radical (unpaired) electrons. The molecule has 8 heteroatoms. The van der Waals surface area contributed by atoms with Crippen molar-refractivity contribution >= 4 is 46.5 Å². The fourth-order valence-corrected chi connectivity index (χ4v) is 3.50. The van der Waals surface area contributed by atoms with Gasteiger partial charge < -0.3 is 13.6 Å². The third-order valence-corrected chi connectivity index (χ3v) is 5.12. The molecule has 0 saturated heterocycles. The van der Waals surface area contributed by atoms with E-state index in [-0.39, 0.29) is 5.76 Å². The number of rotatable bonds is 6. The molecule has 2 heterocycles. The first-order valence-corrected chi connectivity index (χ1v) is 9.75. The molecule has 4 rings (SSSR count). The van der Waals surface area contributed by atoms with Crippen molar-refractivity contribution in [3.8, 4) is 5.75 Å². The highest BCUT2D eigenvalue weighted by atomic mass is 35.5.